The van der Waals surface area contributed by atoms with Gasteiger partial charge in [-0.25, -0.2) is 4.79 Å². The van der Waals surface area contributed by atoms with Gasteiger partial charge in [-0.05, 0) is 37.3 Å². The minimum atomic E-state index is -0.414. The van der Waals surface area contributed by atoms with E-state index in [2.05, 4.69) is 25.8 Å². The van der Waals surface area contributed by atoms with Crippen LogP contribution in [-0.2, 0) is 9.53 Å². The first-order valence-electron chi connectivity index (χ1n) is 5.60. The Bertz CT molecular complexity index is 614. The SMILES string of the molecule is COC(=O)/C=C/c1c(C)noc1-c1ccc(Br)cc1. The molecule has 19 heavy (non-hydrogen) atoms. The predicted molar refractivity (Wildman–Crippen MR) is 75.4 cm³/mol. The lowest BCUT2D eigenvalue weighted by molar-refractivity contribution is -0.134. The second-order valence-electron chi connectivity index (χ2n) is 3.87. The number of ether oxygens (including phenoxy) is 1. The second-order valence-corrected chi connectivity index (χ2v) is 4.79. The summed E-state index contributed by atoms with van der Waals surface area (Å²) in [6.07, 6.45) is 3.00. The van der Waals surface area contributed by atoms with Crippen LogP contribution in [0.25, 0.3) is 17.4 Å². The maximum Gasteiger partial charge on any atom is 0.330 e. The Morgan fingerprint density at radius 1 is 1.37 bits per heavy atom. The van der Waals surface area contributed by atoms with Crippen LogP contribution in [0, 0.1) is 6.92 Å². The Kier molecular flexibility index (Phi) is 4.16. The first-order chi connectivity index (χ1) is 9.11. The highest BCUT2D eigenvalue weighted by Crippen LogP contribution is 2.28. The van der Waals surface area contributed by atoms with E-state index in [9.17, 15) is 4.79 Å². The summed E-state index contributed by atoms with van der Waals surface area (Å²) in [7, 11) is 1.34. The van der Waals surface area contributed by atoms with Crippen LogP contribution >= 0.6 is 15.9 Å². The maximum absolute atomic E-state index is 11.1. The number of carbonyl (C=O) groups excluding carboxylic acids is 1. The van der Waals surface area contributed by atoms with Crippen molar-refractivity contribution in [1.82, 2.24) is 5.16 Å². The molecule has 0 radical (unpaired) electrons. The Morgan fingerprint density at radius 2 is 2.05 bits per heavy atom. The number of aromatic nitrogens is 1. The molecule has 0 aliphatic heterocycles. The highest BCUT2D eigenvalue weighted by atomic mass is 79.9. The molecular weight excluding hydrogens is 310 g/mol. The average Bonchev–Trinajstić information content (AvgIpc) is 2.78. The zero-order chi connectivity index (χ0) is 13.8. The number of carbonyl (C=O) groups is 1. The van der Waals surface area contributed by atoms with Crippen LogP contribution in [0.3, 0.4) is 0 Å². The van der Waals surface area contributed by atoms with Crippen molar-refractivity contribution < 1.29 is 14.1 Å². The summed E-state index contributed by atoms with van der Waals surface area (Å²) in [6, 6.07) is 7.67. The van der Waals surface area contributed by atoms with E-state index in [0.29, 0.717) is 5.76 Å². The molecule has 5 heteroatoms. The molecule has 0 fully saturated rings. The fourth-order valence-corrected chi connectivity index (χ4v) is 1.87. The molecule has 1 aromatic carbocycles. The van der Waals surface area contributed by atoms with Gasteiger partial charge in [-0.1, -0.05) is 21.1 Å². The zero-order valence-electron chi connectivity index (χ0n) is 10.5. The van der Waals surface area contributed by atoms with Gasteiger partial charge in [0.25, 0.3) is 0 Å². The molecule has 0 atom stereocenters. The third-order valence-corrected chi connectivity index (χ3v) is 3.13. The monoisotopic (exact) mass is 321 g/mol. The molecule has 2 aromatic rings. The van der Waals surface area contributed by atoms with Crippen molar-refractivity contribution in [2.75, 3.05) is 7.11 Å². The number of hydrogen-bond acceptors (Lipinski definition) is 4. The Morgan fingerprint density at radius 3 is 2.68 bits per heavy atom. The first kappa shape index (κ1) is 13.5. The fourth-order valence-electron chi connectivity index (χ4n) is 1.60. The summed E-state index contributed by atoms with van der Waals surface area (Å²) in [4.78, 5) is 11.1. The summed E-state index contributed by atoms with van der Waals surface area (Å²) in [5, 5.41) is 3.93. The van der Waals surface area contributed by atoms with Gasteiger partial charge in [0.1, 0.15) is 0 Å². The van der Waals surface area contributed by atoms with Gasteiger partial charge in [0.05, 0.1) is 12.8 Å². The number of hydrogen-bond donors (Lipinski definition) is 0. The maximum atomic E-state index is 11.1. The molecule has 0 N–H and O–H groups in total. The van der Waals surface area contributed by atoms with Gasteiger partial charge in [-0.3, -0.25) is 0 Å². The number of benzene rings is 1. The van der Waals surface area contributed by atoms with Crippen molar-refractivity contribution in [2.45, 2.75) is 6.92 Å². The van der Waals surface area contributed by atoms with Crippen LogP contribution in [0.15, 0.2) is 39.3 Å². The van der Waals surface area contributed by atoms with Gasteiger partial charge >= 0.3 is 5.97 Å². The van der Waals surface area contributed by atoms with Crippen molar-refractivity contribution in [1.29, 1.82) is 0 Å². The van der Waals surface area contributed by atoms with Crippen molar-refractivity contribution >= 4 is 28.0 Å². The molecule has 2 rings (SSSR count). The lowest BCUT2D eigenvalue weighted by atomic mass is 10.1. The summed E-state index contributed by atoms with van der Waals surface area (Å²) in [6.45, 7) is 1.82. The summed E-state index contributed by atoms with van der Waals surface area (Å²) in [5.41, 5.74) is 2.39. The predicted octanol–water partition coefficient (Wildman–Crippen LogP) is 3.60. The molecule has 1 heterocycles. The minimum absolute atomic E-state index is 0.414. The molecule has 4 nitrogen and oxygen atoms in total. The Hall–Kier alpha value is -1.88. The van der Waals surface area contributed by atoms with Crippen LogP contribution in [0.2, 0.25) is 0 Å². The molecule has 0 spiro atoms. The van der Waals surface area contributed by atoms with E-state index < -0.39 is 5.97 Å². The van der Waals surface area contributed by atoms with E-state index in [-0.39, 0.29) is 0 Å². The van der Waals surface area contributed by atoms with Gasteiger partial charge in [-0.15, -0.1) is 0 Å². The lowest BCUT2D eigenvalue weighted by Gasteiger charge is -1.98. The van der Waals surface area contributed by atoms with E-state index in [1.54, 1.807) is 6.08 Å². The molecule has 0 saturated heterocycles. The number of aryl methyl sites for hydroxylation is 1. The minimum Gasteiger partial charge on any atom is -0.466 e. The highest BCUT2D eigenvalue weighted by molar-refractivity contribution is 9.10. The number of esters is 1. The van der Waals surface area contributed by atoms with Crippen molar-refractivity contribution in [2.24, 2.45) is 0 Å². The summed E-state index contributed by atoms with van der Waals surface area (Å²) >= 11 is 3.38. The van der Waals surface area contributed by atoms with Crippen molar-refractivity contribution in [3.63, 3.8) is 0 Å². The molecule has 98 valence electrons. The molecule has 0 bridgehead atoms. The van der Waals surface area contributed by atoms with Crippen molar-refractivity contribution in [3.05, 3.63) is 46.1 Å². The largest absolute Gasteiger partial charge is 0.466 e. The molecule has 0 saturated carbocycles. The Labute approximate surface area is 119 Å². The van der Waals surface area contributed by atoms with E-state index in [0.717, 1.165) is 21.3 Å². The van der Waals surface area contributed by atoms with E-state index in [1.807, 2.05) is 31.2 Å². The molecule has 0 amide bonds. The standard InChI is InChI=1S/C14H12BrNO3/c1-9-12(7-8-13(17)18-2)14(19-16-9)10-3-5-11(15)6-4-10/h3-8H,1-2H3/b8-7+. The third kappa shape index (κ3) is 3.12. The second kappa shape index (κ2) is 5.84. The smallest absolute Gasteiger partial charge is 0.330 e. The van der Waals surface area contributed by atoms with Crippen LogP contribution in [0.4, 0.5) is 0 Å². The Balaban J connectivity index is 2.40. The topological polar surface area (TPSA) is 52.3 Å². The quantitative estimate of drug-likeness (QED) is 0.640. The van der Waals surface area contributed by atoms with Crippen LogP contribution < -0.4 is 0 Å². The molecule has 0 aliphatic carbocycles. The van der Waals surface area contributed by atoms with Gasteiger partial charge in [0.15, 0.2) is 5.76 Å². The number of methoxy groups -OCH3 is 1. The molecule has 0 aliphatic rings. The van der Waals surface area contributed by atoms with Gasteiger partial charge in [0, 0.05) is 21.7 Å². The molecule has 1 aromatic heterocycles. The summed E-state index contributed by atoms with van der Waals surface area (Å²) < 4.78 is 10.9. The molecular formula is C14H12BrNO3. The lowest BCUT2D eigenvalue weighted by Crippen LogP contribution is -1.93. The van der Waals surface area contributed by atoms with Gasteiger partial charge < -0.3 is 9.26 Å². The van der Waals surface area contributed by atoms with Crippen molar-refractivity contribution in [3.8, 4) is 11.3 Å². The zero-order valence-corrected chi connectivity index (χ0v) is 12.1. The highest BCUT2D eigenvalue weighted by Gasteiger charge is 2.12. The average molecular weight is 322 g/mol. The molecule has 0 unspecified atom stereocenters. The fraction of sp³-hybridized carbons (Fsp3) is 0.143. The number of halogens is 1. The number of rotatable bonds is 3. The first-order valence-corrected chi connectivity index (χ1v) is 6.39. The number of nitrogens with zero attached hydrogens (tertiary/aromatic N) is 1. The van der Waals surface area contributed by atoms with E-state index >= 15 is 0 Å². The van der Waals surface area contributed by atoms with E-state index in [1.165, 1.54) is 13.2 Å². The summed E-state index contributed by atoms with van der Waals surface area (Å²) in [5.74, 6) is 0.215. The normalized spacial score (nSPS) is 10.9. The van der Waals surface area contributed by atoms with Gasteiger partial charge in [0.2, 0.25) is 0 Å². The van der Waals surface area contributed by atoms with E-state index in [4.69, 9.17) is 4.52 Å². The van der Waals surface area contributed by atoms with Crippen LogP contribution in [0.1, 0.15) is 11.3 Å². The van der Waals surface area contributed by atoms with Crippen LogP contribution in [0.5, 0.6) is 0 Å². The third-order valence-electron chi connectivity index (χ3n) is 2.60. The van der Waals surface area contributed by atoms with Gasteiger partial charge in [-0.2, -0.15) is 0 Å². The van der Waals surface area contributed by atoms with Crippen LogP contribution in [-0.4, -0.2) is 18.2 Å².